The van der Waals surface area contributed by atoms with Crippen LogP contribution in [-0.4, -0.2) is 22.4 Å². The van der Waals surface area contributed by atoms with Crippen LogP contribution < -0.4 is 4.74 Å². The van der Waals surface area contributed by atoms with Gasteiger partial charge in [-0.25, -0.2) is 13.8 Å². The Kier molecular flexibility index (Phi) is 4.22. The molecule has 0 unspecified atom stereocenters. The normalized spacial score (nSPS) is 10.4. The summed E-state index contributed by atoms with van der Waals surface area (Å²) in [6.45, 7) is 0.822. The van der Waals surface area contributed by atoms with Crippen LogP contribution >= 0.6 is 0 Å². The number of carbonyl (C=O) groups is 1. The van der Waals surface area contributed by atoms with Crippen molar-refractivity contribution in [1.29, 1.82) is 0 Å². The lowest BCUT2D eigenvalue weighted by Crippen LogP contribution is -2.06. The maximum atomic E-state index is 13.5. The van der Waals surface area contributed by atoms with Gasteiger partial charge < -0.3 is 9.30 Å². The van der Waals surface area contributed by atoms with E-state index in [1.807, 2.05) is 4.57 Å². The summed E-state index contributed by atoms with van der Waals surface area (Å²) >= 11 is 0. The van der Waals surface area contributed by atoms with E-state index in [0.29, 0.717) is 19.3 Å². The Bertz CT molecular complexity index is 533. The molecule has 0 saturated carbocycles. The summed E-state index contributed by atoms with van der Waals surface area (Å²) in [4.78, 5) is 14.3. The standard InChI is InChI=1S/C13H12F2N2O2/c14-11-6-10(8-18)7-12(15)13(11)19-5-1-3-17-4-2-16-9-17/h2,4,6-9H,1,3,5H2. The molecule has 0 amide bonds. The second-order valence-corrected chi connectivity index (χ2v) is 3.93. The summed E-state index contributed by atoms with van der Waals surface area (Å²) in [6.07, 6.45) is 6.07. The number of carbonyl (C=O) groups excluding carboxylic acids is 1. The van der Waals surface area contributed by atoms with E-state index in [-0.39, 0.29) is 12.2 Å². The molecule has 2 rings (SSSR count). The summed E-state index contributed by atoms with van der Waals surface area (Å²) < 4.78 is 33.8. The van der Waals surface area contributed by atoms with Gasteiger partial charge in [-0.1, -0.05) is 0 Å². The molecule has 1 aromatic carbocycles. The van der Waals surface area contributed by atoms with Crippen molar-refractivity contribution >= 4 is 6.29 Å². The van der Waals surface area contributed by atoms with Crippen molar-refractivity contribution in [1.82, 2.24) is 9.55 Å². The van der Waals surface area contributed by atoms with Gasteiger partial charge in [0.1, 0.15) is 6.29 Å². The van der Waals surface area contributed by atoms with E-state index in [4.69, 9.17) is 4.74 Å². The highest BCUT2D eigenvalue weighted by atomic mass is 19.1. The van der Waals surface area contributed by atoms with E-state index in [1.54, 1.807) is 18.7 Å². The molecule has 19 heavy (non-hydrogen) atoms. The van der Waals surface area contributed by atoms with Crippen LogP contribution in [0.2, 0.25) is 0 Å². The Hall–Kier alpha value is -2.24. The second-order valence-electron chi connectivity index (χ2n) is 3.93. The molecule has 0 fully saturated rings. The molecule has 0 radical (unpaired) electrons. The molecule has 0 saturated heterocycles. The molecular formula is C13H12F2N2O2. The number of halogens is 2. The molecule has 0 aliphatic heterocycles. The van der Waals surface area contributed by atoms with Crippen LogP contribution in [0.25, 0.3) is 0 Å². The Morgan fingerprint density at radius 2 is 2.05 bits per heavy atom. The fourth-order valence-electron chi connectivity index (χ4n) is 1.63. The average molecular weight is 266 g/mol. The molecule has 1 aromatic heterocycles. The van der Waals surface area contributed by atoms with Gasteiger partial charge in [-0.2, -0.15) is 0 Å². The Balaban J connectivity index is 1.90. The second kappa shape index (κ2) is 6.08. The molecule has 0 aliphatic rings. The average Bonchev–Trinajstić information content (AvgIpc) is 2.89. The predicted octanol–water partition coefficient (Wildman–Crippen LogP) is 2.44. The smallest absolute Gasteiger partial charge is 0.190 e. The maximum absolute atomic E-state index is 13.5. The number of imidazole rings is 1. The third-order valence-corrected chi connectivity index (χ3v) is 2.52. The van der Waals surface area contributed by atoms with E-state index in [1.165, 1.54) is 0 Å². The summed E-state index contributed by atoms with van der Waals surface area (Å²) in [5.41, 5.74) is -0.0548. The summed E-state index contributed by atoms with van der Waals surface area (Å²) in [5.74, 6) is -2.19. The SMILES string of the molecule is O=Cc1cc(F)c(OCCCn2ccnc2)c(F)c1. The lowest BCUT2D eigenvalue weighted by molar-refractivity contribution is 0.112. The van der Waals surface area contributed by atoms with E-state index in [9.17, 15) is 13.6 Å². The fourth-order valence-corrected chi connectivity index (χ4v) is 1.63. The Morgan fingerprint density at radius 3 is 2.63 bits per heavy atom. The van der Waals surface area contributed by atoms with Crippen LogP contribution in [0.1, 0.15) is 16.8 Å². The molecule has 6 heteroatoms. The van der Waals surface area contributed by atoms with Gasteiger partial charge in [0.2, 0.25) is 0 Å². The van der Waals surface area contributed by atoms with Gasteiger partial charge in [-0.3, -0.25) is 4.79 Å². The van der Waals surface area contributed by atoms with Crippen molar-refractivity contribution in [3.05, 3.63) is 48.1 Å². The van der Waals surface area contributed by atoms with Gasteiger partial charge >= 0.3 is 0 Å². The van der Waals surface area contributed by atoms with Gasteiger partial charge in [0.25, 0.3) is 0 Å². The number of hydrogen-bond donors (Lipinski definition) is 0. The molecule has 0 spiro atoms. The number of ether oxygens (including phenoxy) is 1. The number of aldehydes is 1. The van der Waals surface area contributed by atoms with Crippen molar-refractivity contribution in [2.45, 2.75) is 13.0 Å². The zero-order valence-corrected chi connectivity index (χ0v) is 10.1. The van der Waals surface area contributed by atoms with Crippen LogP contribution in [0.4, 0.5) is 8.78 Å². The van der Waals surface area contributed by atoms with E-state index < -0.39 is 17.4 Å². The van der Waals surface area contributed by atoms with Crippen molar-refractivity contribution in [3.8, 4) is 5.75 Å². The third-order valence-electron chi connectivity index (χ3n) is 2.52. The molecule has 1 heterocycles. The number of aryl methyl sites for hydroxylation is 1. The van der Waals surface area contributed by atoms with E-state index in [2.05, 4.69) is 4.98 Å². The zero-order chi connectivity index (χ0) is 13.7. The number of aromatic nitrogens is 2. The molecule has 0 N–H and O–H groups in total. The maximum Gasteiger partial charge on any atom is 0.190 e. The first-order chi connectivity index (χ1) is 9.20. The summed E-state index contributed by atoms with van der Waals surface area (Å²) in [7, 11) is 0. The van der Waals surface area contributed by atoms with Crippen molar-refractivity contribution in [2.24, 2.45) is 0 Å². The third kappa shape index (κ3) is 3.37. The minimum atomic E-state index is -0.871. The number of hydrogen-bond acceptors (Lipinski definition) is 3. The highest BCUT2D eigenvalue weighted by molar-refractivity contribution is 5.75. The van der Waals surface area contributed by atoms with Crippen LogP contribution in [0.5, 0.6) is 5.75 Å². The first kappa shape index (κ1) is 13.2. The fraction of sp³-hybridized carbons (Fsp3) is 0.231. The topological polar surface area (TPSA) is 44.1 Å². The van der Waals surface area contributed by atoms with E-state index >= 15 is 0 Å². The van der Waals surface area contributed by atoms with Gasteiger partial charge in [0.05, 0.1) is 12.9 Å². The molecule has 0 aliphatic carbocycles. The zero-order valence-electron chi connectivity index (χ0n) is 10.1. The molecule has 4 nitrogen and oxygen atoms in total. The minimum absolute atomic E-state index is 0.0548. The molecule has 100 valence electrons. The lowest BCUT2D eigenvalue weighted by atomic mass is 10.2. The van der Waals surface area contributed by atoms with Gasteiger partial charge in [0, 0.05) is 24.5 Å². The Morgan fingerprint density at radius 1 is 1.32 bits per heavy atom. The van der Waals surface area contributed by atoms with Crippen LogP contribution in [0, 0.1) is 11.6 Å². The largest absolute Gasteiger partial charge is 0.488 e. The molecular weight excluding hydrogens is 254 g/mol. The number of benzene rings is 1. The number of rotatable bonds is 6. The highest BCUT2D eigenvalue weighted by Gasteiger charge is 2.12. The predicted molar refractivity (Wildman–Crippen MR) is 64.1 cm³/mol. The number of nitrogens with zero attached hydrogens (tertiary/aromatic N) is 2. The van der Waals surface area contributed by atoms with Gasteiger partial charge in [-0.15, -0.1) is 0 Å². The van der Waals surface area contributed by atoms with Crippen molar-refractivity contribution in [3.63, 3.8) is 0 Å². The summed E-state index contributed by atoms with van der Waals surface area (Å²) in [6, 6.07) is 1.89. The van der Waals surface area contributed by atoms with E-state index in [0.717, 1.165) is 12.1 Å². The monoisotopic (exact) mass is 266 g/mol. The van der Waals surface area contributed by atoms with Gasteiger partial charge in [-0.05, 0) is 18.6 Å². The lowest BCUT2D eigenvalue weighted by Gasteiger charge is -2.09. The van der Waals surface area contributed by atoms with Crippen molar-refractivity contribution in [2.75, 3.05) is 6.61 Å². The van der Waals surface area contributed by atoms with Crippen molar-refractivity contribution < 1.29 is 18.3 Å². The molecule has 2 aromatic rings. The van der Waals surface area contributed by atoms with Crippen LogP contribution in [-0.2, 0) is 6.54 Å². The Labute approximate surface area is 108 Å². The quantitative estimate of drug-likeness (QED) is 0.596. The molecule has 0 atom stereocenters. The summed E-state index contributed by atoms with van der Waals surface area (Å²) in [5, 5.41) is 0. The molecule has 0 bridgehead atoms. The minimum Gasteiger partial charge on any atom is -0.488 e. The van der Waals surface area contributed by atoms with Crippen LogP contribution in [0.15, 0.2) is 30.9 Å². The van der Waals surface area contributed by atoms with Crippen LogP contribution in [0.3, 0.4) is 0 Å². The highest BCUT2D eigenvalue weighted by Crippen LogP contribution is 2.22. The van der Waals surface area contributed by atoms with Gasteiger partial charge in [0.15, 0.2) is 17.4 Å². The first-order valence-corrected chi connectivity index (χ1v) is 5.73. The first-order valence-electron chi connectivity index (χ1n) is 5.73.